The molecule has 0 unspecified atom stereocenters. The van der Waals surface area contributed by atoms with E-state index >= 15 is 0 Å². The van der Waals surface area contributed by atoms with E-state index < -0.39 is 0 Å². The Morgan fingerprint density at radius 2 is 1.56 bits per heavy atom. The van der Waals surface area contributed by atoms with Gasteiger partial charge in [-0.1, -0.05) is 18.2 Å². The van der Waals surface area contributed by atoms with E-state index in [-0.39, 0.29) is 23.6 Å². The summed E-state index contributed by atoms with van der Waals surface area (Å²) >= 11 is 0. The SMILES string of the molecule is CCOC(=O)N1CCN(C(=O)c2ccc(CN(Cc3cccc(F)c3)Cc3ccc(OC)c(OC)c3)o2)CC1. The van der Waals surface area contributed by atoms with Crippen LogP contribution in [0.1, 0.15) is 34.4 Å². The van der Waals surface area contributed by atoms with Crippen molar-refractivity contribution in [3.63, 3.8) is 0 Å². The number of benzene rings is 2. The molecule has 2 amide bonds. The van der Waals surface area contributed by atoms with E-state index in [0.29, 0.717) is 69.7 Å². The molecule has 4 rings (SSSR count). The smallest absolute Gasteiger partial charge is 0.409 e. The lowest BCUT2D eigenvalue weighted by Gasteiger charge is -2.33. The monoisotopic (exact) mass is 539 g/mol. The molecule has 0 atom stereocenters. The second kappa shape index (κ2) is 13.1. The summed E-state index contributed by atoms with van der Waals surface area (Å²) < 4.78 is 35.7. The number of carbonyl (C=O) groups is 2. The van der Waals surface area contributed by atoms with Crippen molar-refractivity contribution in [1.82, 2.24) is 14.7 Å². The normalized spacial score (nSPS) is 13.5. The molecule has 39 heavy (non-hydrogen) atoms. The Bertz CT molecular complexity index is 1270. The molecule has 1 fully saturated rings. The summed E-state index contributed by atoms with van der Waals surface area (Å²) in [6.07, 6.45) is -0.363. The van der Waals surface area contributed by atoms with Crippen LogP contribution >= 0.6 is 0 Å². The molecule has 2 heterocycles. The fraction of sp³-hybridized carbons (Fsp3) is 0.379. The molecule has 1 aromatic heterocycles. The molecule has 9 nitrogen and oxygen atoms in total. The third kappa shape index (κ3) is 7.29. The van der Waals surface area contributed by atoms with Gasteiger partial charge >= 0.3 is 6.09 Å². The van der Waals surface area contributed by atoms with Gasteiger partial charge in [0, 0.05) is 39.3 Å². The Labute approximate surface area is 227 Å². The van der Waals surface area contributed by atoms with Crippen molar-refractivity contribution in [2.24, 2.45) is 0 Å². The predicted octanol–water partition coefficient (Wildman–Crippen LogP) is 4.55. The van der Waals surface area contributed by atoms with Gasteiger partial charge < -0.3 is 28.4 Å². The lowest BCUT2D eigenvalue weighted by atomic mass is 10.1. The van der Waals surface area contributed by atoms with Crippen LogP contribution in [0.4, 0.5) is 9.18 Å². The maximum atomic E-state index is 13.9. The van der Waals surface area contributed by atoms with Crippen LogP contribution in [-0.2, 0) is 24.4 Å². The molecule has 0 N–H and O–H groups in total. The molecule has 208 valence electrons. The van der Waals surface area contributed by atoms with Gasteiger partial charge in [0.15, 0.2) is 17.3 Å². The number of hydrogen-bond donors (Lipinski definition) is 0. The van der Waals surface area contributed by atoms with Crippen molar-refractivity contribution >= 4 is 12.0 Å². The van der Waals surface area contributed by atoms with Crippen LogP contribution in [0.25, 0.3) is 0 Å². The Morgan fingerprint density at radius 1 is 0.872 bits per heavy atom. The van der Waals surface area contributed by atoms with Gasteiger partial charge in [-0.25, -0.2) is 9.18 Å². The lowest BCUT2D eigenvalue weighted by Crippen LogP contribution is -2.50. The average molecular weight is 540 g/mol. The van der Waals surface area contributed by atoms with Crippen LogP contribution in [0.3, 0.4) is 0 Å². The molecular formula is C29H34FN3O6. The first-order chi connectivity index (χ1) is 18.9. The Balaban J connectivity index is 1.45. The molecule has 0 bridgehead atoms. The molecule has 0 radical (unpaired) electrons. The molecule has 1 saturated heterocycles. The van der Waals surface area contributed by atoms with Crippen molar-refractivity contribution in [2.45, 2.75) is 26.6 Å². The van der Waals surface area contributed by atoms with Crippen molar-refractivity contribution in [3.8, 4) is 11.5 Å². The number of halogens is 1. The number of hydrogen-bond acceptors (Lipinski definition) is 7. The minimum absolute atomic E-state index is 0.221. The Hall–Kier alpha value is -4.05. The first-order valence-corrected chi connectivity index (χ1v) is 12.9. The summed E-state index contributed by atoms with van der Waals surface area (Å²) in [4.78, 5) is 30.4. The van der Waals surface area contributed by atoms with E-state index in [4.69, 9.17) is 18.6 Å². The zero-order valence-electron chi connectivity index (χ0n) is 22.5. The number of nitrogens with zero attached hydrogens (tertiary/aromatic N) is 3. The number of piperazine rings is 1. The van der Waals surface area contributed by atoms with Crippen molar-refractivity contribution < 1.29 is 32.6 Å². The minimum Gasteiger partial charge on any atom is -0.493 e. The van der Waals surface area contributed by atoms with Gasteiger partial charge in [0.1, 0.15) is 11.6 Å². The highest BCUT2D eigenvalue weighted by Crippen LogP contribution is 2.29. The summed E-state index contributed by atoms with van der Waals surface area (Å²) in [5.41, 5.74) is 1.80. The van der Waals surface area contributed by atoms with Gasteiger partial charge in [0.05, 0.1) is 27.4 Å². The van der Waals surface area contributed by atoms with Crippen LogP contribution in [0.15, 0.2) is 59.0 Å². The van der Waals surface area contributed by atoms with E-state index in [1.807, 2.05) is 24.3 Å². The maximum absolute atomic E-state index is 13.9. The quantitative estimate of drug-likeness (QED) is 0.374. The highest BCUT2D eigenvalue weighted by molar-refractivity contribution is 5.91. The minimum atomic E-state index is -0.363. The van der Waals surface area contributed by atoms with Crippen LogP contribution < -0.4 is 9.47 Å². The van der Waals surface area contributed by atoms with Gasteiger partial charge in [-0.05, 0) is 54.4 Å². The molecule has 0 spiro atoms. The zero-order chi connectivity index (χ0) is 27.8. The predicted molar refractivity (Wildman–Crippen MR) is 142 cm³/mol. The van der Waals surface area contributed by atoms with Crippen LogP contribution in [-0.4, -0.2) is 73.7 Å². The number of furan rings is 1. The van der Waals surface area contributed by atoms with Crippen LogP contribution in [0.5, 0.6) is 11.5 Å². The number of carbonyl (C=O) groups excluding carboxylic acids is 2. The number of ether oxygens (including phenoxy) is 3. The second-order valence-electron chi connectivity index (χ2n) is 9.21. The van der Waals surface area contributed by atoms with E-state index in [1.54, 1.807) is 49.1 Å². The molecular weight excluding hydrogens is 505 g/mol. The third-order valence-corrected chi connectivity index (χ3v) is 6.49. The molecule has 3 aromatic rings. The topological polar surface area (TPSA) is 84.7 Å². The molecule has 0 aliphatic carbocycles. The van der Waals surface area contributed by atoms with Gasteiger partial charge in [-0.3, -0.25) is 9.69 Å². The third-order valence-electron chi connectivity index (χ3n) is 6.49. The van der Waals surface area contributed by atoms with Gasteiger partial charge in [0.2, 0.25) is 0 Å². The highest BCUT2D eigenvalue weighted by atomic mass is 19.1. The number of amides is 2. The van der Waals surface area contributed by atoms with E-state index in [2.05, 4.69) is 4.90 Å². The van der Waals surface area contributed by atoms with Gasteiger partial charge in [-0.2, -0.15) is 0 Å². The fourth-order valence-corrected chi connectivity index (χ4v) is 4.56. The van der Waals surface area contributed by atoms with Gasteiger partial charge in [0.25, 0.3) is 5.91 Å². The van der Waals surface area contributed by atoms with Crippen molar-refractivity contribution in [1.29, 1.82) is 0 Å². The molecule has 1 aliphatic heterocycles. The number of rotatable bonds is 10. The Morgan fingerprint density at radius 3 is 2.23 bits per heavy atom. The maximum Gasteiger partial charge on any atom is 0.409 e. The van der Waals surface area contributed by atoms with Crippen molar-refractivity contribution in [2.75, 3.05) is 47.0 Å². The first-order valence-electron chi connectivity index (χ1n) is 12.9. The largest absolute Gasteiger partial charge is 0.493 e. The first kappa shape index (κ1) is 28.0. The summed E-state index contributed by atoms with van der Waals surface area (Å²) in [6, 6.07) is 15.6. The fourth-order valence-electron chi connectivity index (χ4n) is 4.56. The summed E-state index contributed by atoms with van der Waals surface area (Å²) in [7, 11) is 3.17. The van der Waals surface area contributed by atoms with Crippen LogP contribution in [0.2, 0.25) is 0 Å². The zero-order valence-corrected chi connectivity index (χ0v) is 22.5. The van der Waals surface area contributed by atoms with E-state index in [0.717, 1.165) is 11.1 Å². The number of methoxy groups -OCH3 is 2. The highest BCUT2D eigenvalue weighted by Gasteiger charge is 2.27. The lowest BCUT2D eigenvalue weighted by molar-refractivity contribution is 0.0543. The summed E-state index contributed by atoms with van der Waals surface area (Å²) in [5, 5.41) is 0. The van der Waals surface area contributed by atoms with E-state index in [9.17, 15) is 14.0 Å². The molecule has 0 saturated carbocycles. The van der Waals surface area contributed by atoms with Crippen LogP contribution in [0, 0.1) is 5.82 Å². The molecule has 1 aliphatic rings. The molecule has 2 aromatic carbocycles. The molecule has 10 heteroatoms. The summed E-state index contributed by atoms with van der Waals surface area (Å²) in [6.45, 7) is 5.08. The van der Waals surface area contributed by atoms with Gasteiger partial charge in [-0.15, -0.1) is 0 Å². The second-order valence-corrected chi connectivity index (χ2v) is 9.21. The summed E-state index contributed by atoms with van der Waals surface area (Å²) in [5.74, 6) is 1.59. The van der Waals surface area contributed by atoms with Crippen molar-refractivity contribution in [3.05, 3.63) is 83.1 Å². The van der Waals surface area contributed by atoms with E-state index in [1.165, 1.54) is 12.1 Å². The standard InChI is InChI=1S/C29H34FN3O6/c1-4-38-29(35)33-14-12-32(13-15-33)28(34)26-11-9-24(39-26)20-31(18-21-6-5-7-23(30)16-21)19-22-8-10-25(36-2)27(17-22)37-3/h5-11,16-17H,4,12-15,18-20H2,1-3H3. The average Bonchev–Trinajstić information content (AvgIpc) is 3.41. The Kier molecular flexibility index (Phi) is 9.43.